The van der Waals surface area contributed by atoms with Crippen LogP contribution in [0.1, 0.15) is 15.9 Å². The molecule has 3 rings (SSSR count). The highest BCUT2D eigenvalue weighted by Crippen LogP contribution is 2.38. The summed E-state index contributed by atoms with van der Waals surface area (Å²) in [5, 5.41) is 9.98. The van der Waals surface area contributed by atoms with Crippen molar-refractivity contribution in [3.05, 3.63) is 41.5 Å². The van der Waals surface area contributed by atoms with Crippen molar-refractivity contribution < 1.29 is 28.8 Å². The molecule has 1 aliphatic heterocycles. The second kappa shape index (κ2) is 6.08. The summed E-state index contributed by atoms with van der Waals surface area (Å²) >= 11 is 0. The molecule has 1 N–H and O–H groups in total. The highest BCUT2D eigenvalue weighted by Gasteiger charge is 2.21. The maximum absolute atomic E-state index is 12.5. The number of hydrogen-bond acceptors (Lipinski definition) is 6. The molecule has 0 unspecified atom stereocenters. The van der Waals surface area contributed by atoms with Gasteiger partial charge in [0.1, 0.15) is 17.2 Å². The van der Waals surface area contributed by atoms with Crippen LogP contribution in [0.4, 0.5) is 0 Å². The second-order valence-corrected chi connectivity index (χ2v) is 5.00. The Morgan fingerprint density at radius 3 is 2.52 bits per heavy atom. The van der Waals surface area contributed by atoms with Crippen LogP contribution in [0.5, 0.6) is 28.7 Å². The fourth-order valence-electron chi connectivity index (χ4n) is 2.44. The average Bonchev–Trinajstić information content (AvgIpc) is 3.00. The van der Waals surface area contributed by atoms with Gasteiger partial charge in [-0.1, -0.05) is 0 Å². The Bertz CT molecular complexity index is 753. The summed E-state index contributed by atoms with van der Waals surface area (Å²) in [6, 6.07) is 7.99. The van der Waals surface area contributed by atoms with Crippen LogP contribution in [0.3, 0.4) is 0 Å². The third-order valence-electron chi connectivity index (χ3n) is 3.63. The molecule has 0 aromatic heterocycles. The zero-order chi connectivity index (χ0) is 16.4. The van der Waals surface area contributed by atoms with E-state index in [-0.39, 0.29) is 30.3 Å². The Hall–Kier alpha value is -2.89. The van der Waals surface area contributed by atoms with Gasteiger partial charge in [0.25, 0.3) is 0 Å². The van der Waals surface area contributed by atoms with Gasteiger partial charge in [-0.15, -0.1) is 0 Å². The quantitative estimate of drug-likeness (QED) is 0.855. The van der Waals surface area contributed by atoms with E-state index in [2.05, 4.69) is 0 Å². The van der Waals surface area contributed by atoms with Gasteiger partial charge in [0.2, 0.25) is 6.79 Å². The first-order chi connectivity index (χ1) is 11.1. The predicted molar refractivity (Wildman–Crippen MR) is 81.8 cm³/mol. The summed E-state index contributed by atoms with van der Waals surface area (Å²) in [4.78, 5) is 12.5. The number of rotatable bonds is 5. The van der Waals surface area contributed by atoms with Crippen molar-refractivity contribution in [3.63, 3.8) is 0 Å². The van der Waals surface area contributed by atoms with Crippen molar-refractivity contribution >= 4 is 5.78 Å². The number of carbonyl (C=O) groups is 1. The van der Waals surface area contributed by atoms with Crippen LogP contribution in [-0.4, -0.2) is 31.9 Å². The third-order valence-corrected chi connectivity index (χ3v) is 3.63. The lowest BCUT2D eigenvalue weighted by Gasteiger charge is -2.10. The van der Waals surface area contributed by atoms with Gasteiger partial charge in [0.15, 0.2) is 17.3 Å². The molecule has 1 aliphatic rings. The lowest BCUT2D eigenvalue weighted by molar-refractivity contribution is 0.0989. The summed E-state index contributed by atoms with van der Waals surface area (Å²) < 4.78 is 20.9. The lowest BCUT2D eigenvalue weighted by atomic mass is 10.0. The number of ketones is 1. The second-order valence-electron chi connectivity index (χ2n) is 5.00. The number of methoxy groups -OCH3 is 2. The van der Waals surface area contributed by atoms with Crippen LogP contribution in [-0.2, 0) is 6.42 Å². The van der Waals surface area contributed by atoms with E-state index in [0.717, 1.165) is 0 Å². The van der Waals surface area contributed by atoms with Gasteiger partial charge >= 0.3 is 0 Å². The molecule has 0 bridgehead atoms. The third kappa shape index (κ3) is 2.88. The number of fused-ring (bicyclic) bond motifs is 1. The SMILES string of the molecule is COc1ccc(C(=O)Cc2cc3c(cc2OC)OCO3)c(O)c1. The number of phenolic OH excluding ortho intramolecular Hbond substituents is 1. The van der Waals surface area contributed by atoms with Crippen molar-refractivity contribution in [2.75, 3.05) is 21.0 Å². The first-order valence-electron chi connectivity index (χ1n) is 6.99. The number of carbonyl (C=O) groups excluding carboxylic acids is 1. The van der Waals surface area contributed by atoms with Crippen LogP contribution in [0.2, 0.25) is 0 Å². The Morgan fingerprint density at radius 2 is 1.87 bits per heavy atom. The molecule has 0 radical (unpaired) electrons. The van der Waals surface area contributed by atoms with E-state index < -0.39 is 0 Å². The van der Waals surface area contributed by atoms with Crippen molar-refractivity contribution in [2.45, 2.75) is 6.42 Å². The standard InChI is InChI=1S/C17H16O6/c1-20-11-3-4-12(14(19)7-11)13(18)5-10-6-16-17(23-9-22-16)8-15(10)21-2/h3-4,6-8,19H,5,9H2,1-2H3. The Kier molecular flexibility index (Phi) is 3.97. The molecule has 0 fully saturated rings. The van der Waals surface area contributed by atoms with E-state index in [4.69, 9.17) is 18.9 Å². The van der Waals surface area contributed by atoms with Crippen molar-refractivity contribution in [2.24, 2.45) is 0 Å². The van der Waals surface area contributed by atoms with E-state index >= 15 is 0 Å². The van der Waals surface area contributed by atoms with Gasteiger partial charge in [-0.2, -0.15) is 0 Å². The van der Waals surface area contributed by atoms with Gasteiger partial charge in [-0.3, -0.25) is 4.79 Å². The first-order valence-corrected chi connectivity index (χ1v) is 6.99. The molecule has 1 heterocycles. The number of hydrogen-bond donors (Lipinski definition) is 1. The molecule has 0 aliphatic carbocycles. The summed E-state index contributed by atoms with van der Waals surface area (Å²) in [5.74, 6) is 1.84. The molecular formula is C17H16O6. The minimum atomic E-state index is -0.234. The Balaban J connectivity index is 1.88. The van der Waals surface area contributed by atoms with Crippen molar-refractivity contribution in [1.82, 2.24) is 0 Å². The van der Waals surface area contributed by atoms with Crippen molar-refractivity contribution in [3.8, 4) is 28.7 Å². The van der Waals surface area contributed by atoms with Gasteiger partial charge in [0.05, 0.1) is 19.8 Å². The van der Waals surface area contributed by atoms with E-state index in [1.807, 2.05) is 0 Å². The molecule has 0 spiro atoms. The molecule has 0 saturated carbocycles. The topological polar surface area (TPSA) is 74.2 Å². The number of ether oxygens (including phenoxy) is 4. The fourth-order valence-corrected chi connectivity index (χ4v) is 2.44. The van der Waals surface area contributed by atoms with Crippen LogP contribution < -0.4 is 18.9 Å². The molecule has 2 aromatic carbocycles. The molecule has 0 saturated heterocycles. The van der Waals surface area contributed by atoms with Gasteiger partial charge in [-0.05, 0) is 18.2 Å². The predicted octanol–water partition coefficient (Wildman–Crippen LogP) is 2.56. The average molecular weight is 316 g/mol. The van der Waals surface area contributed by atoms with Gasteiger partial charge in [0, 0.05) is 24.1 Å². The molecule has 6 heteroatoms. The molecule has 2 aromatic rings. The summed E-state index contributed by atoms with van der Waals surface area (Å²) in [6.45, 7) is 0.148. The normalized spacial score (nSPS) is 12.1. The highest BCUT2D eigenvalue weighted by molar-refractivity contribution is 6.00. The number of Topliss-reactive ketones (excluding diaryl/α,β-unsaturated/α-hetero) is 1. The summed E-state index contributed by atoms with van der Waals surface area (Å²) in [5.41, 5.74) is 0.891. The number of aromatic hydroxyl groups is 1. The minimum absolute atomic E-state index is 0.0691. The minimum Gasteiger partial charge on any atom is -0.507 e. The fraction of sp³-hybridized carbons (Fsp3) is 0.235. The van der Waals surface area contributed by atoms with E-state index in [1.165, 1.54) is 26.4 Å². The molecule has 23 heavy (non-hydrogen) atoms. The smallest absolute Gasteiger partial charge is 0.231 e. The maximum atomic E-state index is 12.5. The van der Waals surface area contributed by atoms with Gasteiger partial charge < -0.3 is 24.1 Å². The van der Waals surface area contributed by atoms with Crippen LogP contribution in [0, 0.1) is 0 Å². The van der Waals surface area contributed by atoms with E-state index in [1.54, 1.807) is 18.2 Å². The zero-order valence-corrected chi connectivity index (χ0v) is 12.8. The zero-order valence-electron chi connectivity index (χ0n) is 12.8. The van der Waals surface area contributed by atoms with E-state index in [0.29, 0.717) is 28.6 Å². The Morgan fingerprint density at radius 1 is 1.13 bits per heavy atom. The van der Waals surface area contributed by atoms with E-state index in [9.17, 15) is 9.90 Å². The summed E-state index contributed by atoms with van der Waals surface area (Å²) in [6.07, 6.45) is 0.0691. The number of phenols is 1. The molecule has 120 valence electrons. The maximum Gasteiger partial charge on any atom is 0.231 e. The van der Waals surface area contributed by atoms with Crippen LogP contribution in [0.15, 0.2) is 30.3 Å². The van der Waals surface area contributed by atoms with Crippen molar-refractivity contribution in [1.29, 1.82) is 0 Å². The first kappa shape index (κ1) is 15.0. The summed E-state index contributed by atoms with van der Waals surface area (Å²) in [7, 11) is 3.02. The monoisotopic (exact) mass is 316 g/mol. The van der Waals surface area contributed by atoms with Gasteiger partial charge in [-0.25, -0.2) is 0 Å². The van der Waals surface area contributed by atoms with Crippen LogP contribution in [0.25, 0.3) is 0 Å². The lowest BCUT2D eigenvalue weighted by Crippen LogP contribution is -2.05. The van der Waals surface area contributed by atoms with Crippen LogP contribution >= 0.6 is 0 Å². The molecule has 6 nitrogen and oxygen atoms in total. The molecular weight excluding hydrogens is 300 g/mol. The molecule has 0 amide bonds. The Labute approximate surface area is 133 Å². The highest BCUT2D eigenvalue weighted by atomic mass is 16.7. The largest absolute Gasteiger partial charge is 0.507 e. The molecule has 0 atom stereocenters. The number of benzene rings is 2.